The van der Waals surface area contributed by atoms with Crippen LogP contribution in [0.5, 0.6) is 0 Å². The van der Waals surface area contributed by atoms with Crippen LogP contribution in [0.25, 0.3) is 16.6 Å². The van der Waals surface area contributed by atoms with E-state index in [9.17, 15) is 9.59 Å². The maximum atomic E-state index is 13.1. The quantitative estimate of drug-likeness (QED) is 0.496. The van der Waals surface area contributed by atoms with Gasteiger partial charge in [0.05, 0.1) is 11.1 Å². The van der Waals surface area contributed by atoms with Crippen molar-refractivity contribution in [3.63, 3.8) is 0 Å². The molecule has 0 spiro atoms. The minimum absolute atomic E-state index is 0.213. The summed E-state index contributed by atoms with van der Waals surface area (Å²) in [6, 6.07) is 13.3. The summed E-state index contributed by atoms with van der Waals surface area (Å²) >= 11 is 3.39. The summed E-state index contributed by atoms with van der Waals surface area (Å²) in [5.41, 5.74) is 2.65. The molecule has 124 valence electrons. The second kappa shape index (κ2) is 7.18. The molecule has 0 N–H and O–H groups in total. The minimum Gasteiger partial charge on any atom is -0.269 e. The number of pyridine rings is 1. The van der Waals surface area contributed by atoms with Crippen molar-refractivity contribution in [3.05, 3.63) is 75.1 Å². The minimum atomic E-state index is -0.275. The third-order valence-electron chi connectivity index (χ3n) is 4.19. The van der Waals surface area contributed by atoms with Crippen molar-refractivity contribution in [2.24, 2.45) is 0 Å². The molecule has 3 aromatic rings. The monoisotopic (exact) mass is 386 g/mol. The molecular formula is C19H19BrN2O2. The lowest BCUT2D eigenvalue weighted by Gasteiger charge is -2.13. The van der Waals surface area contributed by atoms with Crippen molar-refractivity contribution in [3.8, 4) is 11.1 Å². The van der Waals surface area contributed by atoms with Gasteiger partial charge in [-0.1, -0.05) is 46.3 Å². The normalized spacial score (nSPS) is 11.1. The first-order valence-electron chi connectivity index (χ1n) is 8.01. The van der Waals surface area contributed by atoms with Gasteiger partial charge >= 0.3 is 5.69 Å². The summed E-state index contributed by atoms with van der Waals surface area (Å²) in [6.07, 6.45) is 3.43. The van der Waals surface area contributed by atoms with Crippen LogP contribution in [0.15, 0.2) is 58.3 Å². The van der Waals surface area contributed by atoms with E-state index in [-0.39, 0.29) is 11.2 Å². The first-order chi connectivity index (χ1) is 11.6. The zero-order valence-electron chi connectivity index (χ0n) is 13.5. The number of hydrogen-bond donors (Lipinski definition) is 0. The summed E-state index contributed by atoms with van der Waals surface area (Å²) in [7, 11) is 0. The lowest BCUT2D eigenvalue weighted by Crippen LogP contribution is -2.38. The Kier molecular flexibility index (Phi) is 5.00. The number of fused-ring (bicyclic) bond motifs is 1. The number of rotatable bonds is 5. The second-order valence-electron chi connectivity index (χ2n) is 5.78. The Hall–Kier alpha value is -2.14. The van der Waals surface area contributed by atoms with Crippen LogP contribution in [0.2, 0.25) is 0 Å². The van der Waals surface area contributed by atoms with Crippen LogP contribution < -0.4 is 11.2 Å². The summed E-state index contributed by atoms with van der Waals surface area (Å²) < 4.78 is 2.93. The third kappa shape index (κ3) is 2.96. The Morgan fingerprint density at radius 1 is 1.00 bits per heavy atom. The predicted molar refractivity (Wildman–Crippen MR) is 101 cm³/mol. The molecule has 0 aliphatic heterocycles. The molecule has 0 amide bonds. The third-order valence-corrected chi connectivity index (χ3v) is 4.75. The highest BCUT2D eigenvalue weighted by molar-refractivity contribution is 9.09. The van der Waals surface area contributed by atoms with Gasteiger partial charge in [-0.05, 0) is 43.0 Å². The molecule has 0 unspecified atom stereocenters. The smallest absolute Gasteiger partial charge is 0.269 e. The van der Waals surface area contributed by atoms with E-state index in [0.29, 0.717) is 17.6 Å². The molecule has 24 heavy (non-hydrogen) atoms. The Morgan fingerprint density at radius 3 is 2.50 bits per heavy atom. The maximum Gasteiger partial charge on any atom is 0.335 e. The number of aromatic nitrogens is 2. The Morgan fingerprint density at radius 2 is 1.75 bits per heavy atom. The van der Waals surface area contributed by atoms with E-state index < -0.39 is 0 Å². The molecule has 3 rings (SSSR count). The Balaban J connectivity index is 2.34. The van der Waals surface area contributed by atoms with Gasteiger partial charge in [0.1, 0.15) is 0 Å². The van der Waals surface area contributed by atoms with Crippen molar-refractivity contribution < 1.29 is 0 Å². The molecule has 4 nitrogen and oxygen atoms in total. The van der Waals surface area contributed by atoms with Crippen LogP contribution >= 0.6 is 15.9 Å². The molecule has 1 aromatic carbocycles. The number of benzene rings is 1. The van der Waals surface area contributed by atoms with Gasteiger partial charge in [0.25, 0.3) is 5.56 Å². The lowest BCUT2D eigenvalue weighted by atomic mass is 10.0. The number of halogens is 1. The molecule has 0 atom stereocenters. The van der Waals surface area contributed by atoms with Crippen LogP contribution in [0.3, 0.4) is 0 Å². The molecule has 0 saturated heterocycles. The maximum absolute atomic E-state index is 13.1. The van der Waals surface area contributed by atoms with E-state index in [2.05, 4.69) is 15.9 Å². The zero-order chi connectivity index (χ0) is 17.1. The molecule has 0 bridgehead atoms. The first-order valence-corrected chi connectivity index (χ1v) is 9.13. The zero-order valence-corrected chi connectivity index (χ0v) is 15.1. The summed E-state index contributed by atoms with van der Waals surface area (Å²) in [5.74, 6) is 0. The molecule has 0 aliphatic carbocycles. The van der Waals surface area contributed by atoms with E-state index in [0.717, 1.165) is 29.3 Å². The number of unbranched alkanes of at least 4 members (excludes halogenated alkanes) is 1. The average molecular weight is 387 g/mol. The SMILES string of the molecule is Cc1ccccc1-c1c(=O)n(CCCCBr)c(=O)n2ccccc12. The van der Waals surface area contributed by atoms with Gasteiger partial charge in [0.15, 0.2) is 0 Å². The highest BCUT2D eigenvalue weighted by atomic mass is 79.9. The molecule has 0 saturated carbocycles. The molecule has 2 aromatic heterocycles. The lowest BCUT2D eigenvalue weighted by molar-refractivity contribution is 0.582. The van der Waals surface area contributed by atoms with E-state index in [1.54, 1.807) is 10.6 Å². The predicted octanol–water partition coefficient (Wildman–Crippen LogP) is 3.61. The fraction of sp³-hybridized carbons (Fsp3) is 0.263. The summed E-state index contributed by atoms with van der Waals surface area (Å²) in [5, 5.41) is 0.862. The van der Waals surface area contributed by atoms with Crippen molar-refractivity contribution in [1.29, 1.82) is 0 Å². The van der Waals surface area contributed by atoms with Crippen molar-refractivity contribution >= 4 is 21.4 Å². The molecule has 0 radical (unpaired) electrons. The van der Waals surface area contributed by atoms with Crippen LogP contribution in [0.4, 0.5) is 0 Å². The van der Waals surface area contributed by atoms with Crippen LogP contribution in [0.1, 0.15) is 18.4 Å². The van der Waals surface area contributed by atoms with E-state index in [1.165, 1.54) is 4.57 Å². The van der Waals surface area contributed by atoms with Gasteiger partial charge in [-0.25, -0.2) is 4.79 Å². The van der Waals surface area contributed by atoms with Crippen LogP contribution in [0, 0.1) is 6.92 Å². The van der Waals surface area contributed by atoms with Gasteiger partial charge in [0.2, 0.25) is 0 Å². The number of nitrogens with zero attached hydrogens (tertiary/aromatic N) is 2. The number of aryl methyl sites for hydroxylation is 1. The van der Waals surface area contributed by atoms with Gasteiger partial charge in [-0.15, -0.1) is 0 Å². The van der Waals surface area contributed by atoms with Crippen molar-refractivity contribution in [2.45, 2.75) is 26.3 Å². The fourth-order valence-electron chi connectivity index (χ4n) is 2.94. The fourth-order valence-corrected chi connectivity index (χ4v) is 3.34. The number of alkyl halides is 1. The van der Waals surface area contributed by atoms with Gasteiger partial charge < -0.3 is 0 Å². The van der Waals surface area contributed by atoms with Gasteiger partial charge in [0, 0.05) is 18.1 Å². The van der Waals surface area contributed by atoms with E-state index in [1.807, 2.05) is 49.4 Å². The highest BCUT2D eigenvalue weighted by Crippen LogP contribution is 2.23. The second-order valence-corrected chi connectivity index (χ2v) is 6.57. The van der Waals surface area contributed by atoms with Crippen LogP contribution in [-0.2, 0) is 6.54 Å². The topological polar surface area (TPSA) is 43.5 Å². The van der Waals surface area contributed by atoms with Crippen molar-refractivity contribution in [2.75, 3.05) is 5.33 Å². The van der Waals surface area contributed by atoms with Gasteiger partial charge in [-0.2, -0.15) is 0 Å². The Bertz CT molecular complexity index is 989. The molecule has 0 aliphatic rings. The molecule has 5 heteroatoms. The van der Waals surface area contributed by atoms with E-state index >= 15 is 0 Å². The summed E-state index contributed by atoms with van der Waals surface area (Å²) in [6.45, 7) is 2.41. The average Bonchev–Trinajstić information content (AvgIpc) is 2.60. The standard InChI is InChI=1S/C19H19BrN2O2/c1-14-8-2-3-9-15(14)17-16-10-4-6-12-21(16)19(24)22(18(17)23)13-7-5-11-20/h2-4,6,8-10,12H,5,7,11,13H2,1H3. The highest BCUT2D eigenvalue weighted by Gasteiger charge is 2.16. The van der Waals surface area contributed by atoms with E-state index in [4.69, 9.17) is 0 Å². The Labute approximate surface area is 148 Å². The van der Waals surface area contributed by atoms with Crippen molar-refractivity contribution in [1.82, 2.24) is 8.97 Å². The summed E-state index contributed by atoms with van der Waals surface area (Å²) in [4.78, 5) is 25.8. The number of hydrogen-bond acceptors (Lipinski definition) is 2. The first kappa shape index (κ1) is 16.7. The van der Waals surface area contributed by atoms with Crippen LogP contribution in [-0.4, -0.2) is 14.3 Å². The largest absolute Gasteiger partial charge is 0.335 e. The molecular weight excluding hydrogens is 368 g/mol. The van der Waals surface area contributed by atoms with Gasteiger partial charge in [-0.3, -0.25) is 13.8 Å². The molecule has 0 fully saturated rings. The molecule has 2 heterocycles.